The van der Waals surface area contributed by atoms with Gasteiger partial charge in [-0.25, -0.2) is 0 Å². The molecule has 0 aliphatic carbocycles. The average Bonchev–Trinajstić information content (AvgIpc) is 2.39. The van der Waals surface area contributed by atoms with Crippen molar-refractivity contribution in [2.24, 2.45) is 11.7 Å². The fourth-order valence-corrected chi connectivity index (χ4v) is 2.67. The molecule has 2 N–H and O–H groups in total. The topological polar surface area (TPSA) is 42.2 Å². The van der Waals surface area contributed by atoms with Crippen molar-refractivity contribution in [3.63, 3.8) is 0 Å². The van der Waals surface area contributed by atoms with Crippen LogP contribution in [0.15, 0.2) is 18.3 Å². The molecule has 0 amide bonds. The van der Waals surface area contributed by atoms with Crippen molar-refractivity contribution in [1.29, 1.82) is 0 Å². The number of pyridine rings is 1. The second-order valence-corrected chi connectivity index (χ2v) is 6.15. The van der Waals surface area contributed by atoms with Gasteiger partial charge in [0.2, 0.25) is 0 Å². The Hall–Kier alpha value is -1.00. The van der Waals surface area contributed by atoms with Gasteiger partial charge >= 0.3 is 0 Å². The number of aromatic nitrogens is 1. The van der Waals surface area contributed by atoms with Gasteiger partial charge in [-0.15, -0.1) is 0 Å². The summed E-state index contributed by atoms with van der Waals surface area (Å²) in [6.45, 7) is 11.1. The van der Waals surface area contributed by atoms with Gasteiger partial charge in [0.15, 0.2) is 0 Å². The SMILES string of the molecule is CCC(CC)N(Cc1ccnc(C(N)=S)c1)CC(C)C. The standard InChI is InChI=1S/C16H27N3S/c1-5-14(6-2)19(10-12(3)4)11-13-7-8-18-15(9-13)16(17)20/h7-9,12,14H,5-6,10-11H2,1-4H3,(H2,17,20). The highest BCUT2D eigenvalue weighted by Gasteiger charge is 2.17. The summed E-state index contributed by atoms with van der Waals surface area (Å²) in [5.74, 6) is 0.660. The summed E-state index contributed by atoms with van der Waals surface area (Å²) < 4.78 is 0. The van der Waals surface area contributed by atoms with Crippen LogP contribution in [-0.2, 0) is 6.54 Å². The zero-order chi connectivity index (χ0) is 15.1. The largest absolute Gasteiger partial charge is 0.388 e. The van der Waals surface area contributed by atoms with Crippen LogP contribution in [-0.4, -0.2) is 27.5 Å². The van der Waals surface area contributed by atoms with Crippen LogP contribution in [0.3, 0.4) is 0 Å². The summed E-state index contributed by atoms with van der Waals surface area (Å²) in [5.41, 5.74) is 7.61. The molecule has 0 aliphatic heterocycles. The van der Waals surface area contributed by atoms with E-state index in [0.29, 0.717) is 22.6 Å². The van der Waals surface area contributed by atoms with Gasteiger partial charge in [-0.2, -0.15) is 0 Å². The quantitative estimate of drug-likeness (QED) is 0.746. The van der Waals surface area contributed by atoms with Gasteiger partial charge in [0.1, 0.15) is 4.99 Å². The molecule has 0 unspecified atom stereocenters. The number of hydrogen-bond donors (Lipinski definition) is 1. The Balaban J connectivity index is 2.88. The molecular weight excluding hydrogens is 266 g/mol. The summed E-state index contributed by atoms with van der Waals surface area (Å²) in [7, 11) is 0. The summed E-state index contributed by atoms with van der Waals surface area (Å²) in [5, 5.41) is 0. The van der Waals surface area contributed by atoms with Gasteiger partial charge in [-0.3, -0.25) is 9.88 Å². The van der Waals surface area contributed by atoms with Gasteiger partial charge in [-0.1, -0.05) is 39.9 Å². The Morgan fingerprint density at radius 1 is 1.35 bits per heavy atom. The Bertz CT molecular complexity index is 427. The molecule has 0 fully saturated rings. The van der Waals surface area contributed by atoms with Crippen LogP contribution >= 0.6 is 12.2 Å². The molecule has 1 aromatic rings. The third-order valence-electron chi connectivity index (χ3n) is 3.52. The molecule has 0 radical (unpaired) electrons. The lowest BCUT2D eigenvalue weighted by Gasteiger charge is -2.32. The Kier molecular flexibility index (Phi) is 7.10. The molecule has 0 aromatic carbocycles. The third kappa shape index (κ3) is 5.17. The molecule has 0 atom stereocenters. The summed E-state index contributed by atoms with van der Waals surface area (Å²) in [6.07, 6.45) is 4.15. The summed E-state index contributed by atoms with van der Waals surface area (Å²) in [4.78, 5) is 7.13. The van der Waals surface area contributed by atoms with Crippen molar-refractivity contribution in [2.75, 3.05) is 6.54 Å². The molecule has 4 heteroatoms. The molecule has 1 heterocycles. The fourth-order valence-electron chi connectivity index (χ4n) is 2.56. The zero-order valence-electron chi connectivity index (χ0n) is 13.1. The minimum absolute atomic E-state index is 0.366. The van der Waals surface area contributed by atoms with Crippen molar-refractivity contribution in [1.82, 2.24) is 9.88 Å². The van der Waals surface area contributed by atoms with Crippen molar-refractivity contribution in [2.45, 2.75) is 53.1 Å². The number of hydrogen-bond acceptors (Lipinski definition) is 3. The number of thiocarbonyl (C=S) groups is 1. The van der Waals surface area contributed by atoms with Crippen LogP contribution in [0.2, 0.25) is 0 Å². The lowest BCUT2D eigenvalue weighted by Crippen LogP contribution is -2.36. The van der Waals surface area contributed by atoms with Crippen LogP contribution in [0.4, 0.5) is 0 Å². The van der Waals surface area contributed by atoms with Crippen molar-refractivity contribution >= 4 is 17.2 Å². The predicted octanol–water partition coefficient (Wildman–Crippen LogP) is 3.36. The van der Waals surface area contributed by atoms with E-state index in [1.807, 2.05) is 6.07 Å². The van der Waals surface area contributed by atoms with E-state index in [2.05, 4.69) is 43.6 Å². The fraction of sp³-hybridized carbons (Fsp3) is 0.625. The molecule has 112 valence electrons. The first-order valence-electron chi connectivity index (χ1n) is 7.46. The first kappa shape index (κ1) is 17.1. The second kappa shape index (κ2) is 8.32. The Morgan fingerprint density at radius 3 is 2.50 bits per heavy atom. The maximum Gasteiger partial charge on any atom is 0.122 e. The molecule has 0 aliphatic rings. The molecule has 0 spiro atoms. The number of nitrogens with zero attached hydrogens (tertiary/aromatic N) is 2. The predicted molar refractivity (Wildman–Crippen MR) is 89.7 cm³/mol. The van der Waals surface area contributed by atoms with Crippen molar-refractivity contribution in [3.05, 3.63) is 29.6 Å². The van der Waals surface area contributed by atoms with Crippen LogP contribution in [0.25, 0.3) is 0 Å². The molecule has 3 nitrogen and oxygen atoms in total. The lowest BCUT2D eigenvalue weighted by atomic mass is 10.1. The molecule has 0 saturated carbocycles. The van der Waals surface area contributed by atoms with Crippen LogP contribution in [0, 0.1) is 5.92 Å². The normalized spacial score (nSPS) is 11.6. The smallest absolute Gasteiger partial charge is 0.122 e. The van der Waals surface area contributed by atoms with Gasteiger partial charge in [-0.05, 0) is 36.5 Å². The van der Waals surface area contributed by atoms with E-state index in [1.165, 1.54) is 18.4 Å². The van der Waals surface area contributed by atoms with E-state index in [-0.39, 0.29) is 0 Å². The minimum atomic E-state index is 0.366. The van der Waals surface area contributed by atoms with Crippen LogP contribution in [0.5, 0.6) is 0 Å². The molecule has 1 aromatic heterocycles. The maximum absolute atomic E-state index is 5.66. The first-order valence-corrected chi connectivity index (χ1v) is 7.87. The highest BCUT2D eigenvalue weighted by molar-refractivity contribution is 7.80. The van der Waals surface area contributed by atoms with Gasteiger partial charge in [0.05, 0.1) is 5.69 Å². The minimum Gasteiger partial charge on any atom is -0.388 e. The van der Waals surface area contributed by atoms with Crippen LogP contribution < -0.4 is 5.73 Å². The van der Waals surface area contributed by atoms with Gasteiger partial charge < -0.3 is 5.73 Å². The van der Waals surface area contributed by atoms with Crippen molar-refractivity contribution < 1.29 is 0 Å². The zero-order valence-corrected chi connectivity index (χ0v) is 13.9. The van der Waals surface area contributed by atoms with Crippen molar-refractivity contribution in [3.8, 4) is 0 Å². The summed E-state index contributed by atoms with van der Waals surface area (Å²) >= 11 is 5.00. The average molecular weight is 293 g/mol. The molecule has 20 heavy (non-hydrogen) atoms. The number of rotatable bonds is 8. The summed E-state index contributed by atoms with van der Waals surface area (Å²) in [6, 6.07) is 4.69. The molecular formula is C16H27N3S. The van der Waals surface area contributed by atoms with Crippen LogP contribution in [0.1, 0.15) is 51.8 Å². The van der Waals surface area contributed by atoms with E-state index in [9.17, 15) is 0 Å². The lowest BCUT2D eigenvalue weighted by molar-refractivity contribution is 0.157. The third-order valence-corrected chi connectivity index (χ3v) is 3.73. The van der Waals surface area contributed by atoms with Gasteiger partial charge in [0, 0.05) is 25.3 Å². The van der Waals surface area contributed by atoms with E-state index in [1.54, 1.807) is 6.20 Å². The van der Waals surface area contributed by atoms with E-state index < -0.39 is 0 Å². The highest BCUT2D eigenvalue weighted by atomic mass is 32.1. The highest BCUT2D eigenvalue weighted by Crippen LogP contribution is 2.16. The monoisotopic (exact) mass is 293 g/mol. The molecule has 0 saturated heterocycles. The Morgan fingerprint density at radius 2 is 2.00 bits per heavy atom. The second-order valence-electron chi connectivity index (χ2n) is 5.71. The maximum atomic E-state index is 5.66. The first-order chi connectivity index (χ1) is 9.47. The number of nitrogens with two attached hydrogens (primary N) is 1. The molecule has 1 rings (SSSR count). The van der Waals surface area contributed by atoms with E-state index in [4.69, 9.17) is 18.0 Å². The van der Waals surface area contributed by atoms with Gasteiger partial charge in [0.25, 0.3) is 0 Å². The Labute approximate surface area is 128 Å². The van der Waals surface area contributed by atoms with E-state index >= 15 is 0 Å². The molecule has 0 bridgehead atoms. The van der Waals surface area contributed by atoms with E-state index in [0.717, 1.165) is 13.1 Å².